The summed E-state index contributed by atoms with van der Waals surface area (Å²) in [5.74, 6) is -0.477. The zero-order valence-corrected chi connectivity index (χ0v) is 22.2. The van der Waals surface area contributed by atoms with Gasteiger partial charge in [-0.3, -0.25) is 14.5 Å². The summed E-state index contributed by atoms with van der Waals surface area (Å²) in [7, 11) is 1.98. The first-order valence-corrected chi connectivity index (χ1v) is 13.2. The molecule has 2 N–H and O–H groups in total. The zero-order chi connectivity index (χ0) is 28.6. The van der Waals surface area contributed by atoms with E-state index in [0.29, 0.717) is 24.4 Å². The van der Waals surface area contributed by atoms with E-state index < -0.39 is 29.6 Å². The van der Waals surface area contributed by atoms with Gasteiger partial charge in [-0.05, 0) is 24.7 Å². The number of primary amides is 1. The second-order valence-corrected chi connectivity index (χ2v) is 10.5. The maximum Gasteiger partial charge on any atom is 0.416 e. The Morgan fingerprint density at radius 1 is 0.925 bits per heavy atom. The topological polar surface area (TPSA) is 119 Å². The molecule has 0 atom stereocenters. The van der Waals surface area contributed by atoms with E-state index in [-0.39, 0.29) is 69.1 Å². The molecular formula is C26H32F3N7O4. The molecule has 0 bridgehead atoms. The van der Waals surface area contributed by atoms with E-state index in [1.807, 2.05) is 11.9 Å². The second-order valence-electron chi connectivity index (χ2n) is 10.5. The Bertz CT molecular complexity index is 1280. The normalized spacial score (nSPS) is 19.1. The minimum absolute atomic E-state index is 0.00953. The summed E-state index contributed by atoms with van der Waals surface area (Å²) in [4.78, 5) is 46.4. The molecular weight excluding hydrogens is 531 g/mol. The lowest BCUT2D eigenvalue weighted by Gasteiger charge is -2.33. The highest BCUT2D eigenvalue weighted by Gasteiger charge is 2.37. The molecule has 3 aliphatic heterocycles. The summed E-state index contributed by atoms with van der Waals surface area (Å²) in [5, 5.41) is 3.95. The molecule has 11 nitrogen and oxygen atoms in total. The van der Waals surface area contributed by atoms with Crippen LogP contribution in [-0.2, 0) is 25.7 Å². The number of likely N-dealkylation sites (N-methyl/N-ethyl adjacent to an activating group) is 1. The second kappa shape index (κ2) is 11.1. The third-order valence-corrected chi connectivity index (χ3v) is 7.85. The van der Waals surface area contributed by atoms with Crippen LogP contribution in [0.4, 0.5) is 18.0 Å². The summed E-state index contributed by atoms with van der Waals surface area (Å²) >= 11 is 0. The smallest absolute Gasteiger partial charge is 0.360 e. The number of urea groups is 1. The molecule has 2 saturated heterocycles. The Kier molecular flexibility index (Phi) is 7.73. The predicted molar refractivity (Wildman–Crippen MR) is 136 cm³/mol. The molecule has 5 rings (SSSR count). The first kappa shape index (κ1) is 27.9. The van der Waals surface area contributed by atoms with Crippen molar-refractivity contribution < 1.29 is 32.1 Å². The van der Waals surface area contributed by atoms with Crippen LogP contribution in [0, 0.1) is 0 Å². The molecule has 3 aliphatic rings. The van der Waals surface area contributed by atoms with Gasteiger partial charge in [-0.1, -0.05) is 11.2 Å². The van der Waals surface area contributed by atoms with Crippen LogP contribution in [0.25, 0.3) is 0 Å². The average Bonchev–Trinajstić information content (AvgIpc) is 3.36. The Morgan fingerprint density at radius 3 is 2.25 bits per heavy atom. The zero-order valence-electron chi connectivity index (χ0n) is 22.2. The van der Waals surface area contributed by atoms with Crippen molar-refractivity contribution in [2.75, 3.05) is 66.0 Å². The lowest BCUT2D eigenvalue weighted by atomic mass is 10.00. The minimum Gasteiger partial charge on any atom is -0.360 e. The van der Waals surface area contributed by atoms with Gasteiger partial charge in [-0.2, -0.15) is 13.2 Å². The number of carbonyl (C=O) groups excluding carboxylic acids is 3. The lowest BCUT2D eigenvalue weighted by Crippen LogP contribution is -2.52. The lowest BCUT2D eigenvalue weighted by molar-refractivity contribution is -0.138. The Balaban J connectivity index is 1.31. The fraction of sp³-hybridized carbons (Fsp3) is 0.538. The van der Waals surface area contributed by atoms with Gasteiger partial charge in [-0.15, -0.1) is 0 Å². The quantitative estimate of drug-likeness (QED) is 0.599. The molecule has 0 unspecified atom stereocenters. The molecule has 4 heterocycles. The van der Waals surface area contributed by atoms with Crippen LogP contribution >= 0.6 is 0 Å². The number of nitrogens with zero attached hydrogens (tertiary/aromatic N) is 6. The fourth-order valence-electron chi connectivity index (χ4n) is 5.37. The number of halogens is 3. The molecule has 14 heteroatoms. The van der Waals surface area contributed by atoms with Gasteiger partial charge < -0.3 is 29.9 Å². The first-order valence-electron chi connectivity index (χ1n) is 13.2. The van der Waals surface area contributed by atoms with Crippen LogP contribution < -0.4 is 5.73 Å². The highest BCUT2D eigenvalue weighted by atomic mass is 19.4. The van der Waals surface area contributed by atoms with Crippen molar-refractivity contribution in [2.24, 2.45) is 5.73 Å². The van der Waals surface area contributed by atoms with Gasteiger partial charge >= 0.3 is 12.2 Å². The maximum atomic E-state index is 14.0. The number of aromatic nitrogens is 1. The van der Waals surface area contributed by atoms with Crippen molar-refractivity contribution in [3.05, 3.63) is 51.9 Å². The van der Waals surface area contributed by atoms with E-state index in [0.717, 1.165) is 19.2 Å². The van der Waals surface area contributed by atoms with Crippen LogP contribution in [0.1, 0.15) is 43.3 Å². The summed E-state index contributed by atoms with van der Waals surface area (Å²) < 4.78 is 47.5. The Labute approximate surface area is 229 Å². The number of hydrogen-bond acceptors (Lipinski definition) is 7. The SMILES string of the molecule is CN1CCN(Cc2ccc(C(=O)N3CCc4onc(C(=O)N5CCN(C(N)=O)CC5)c4C3)cc2C(F)(F)F)CC1. The summed E-state index contributed by atoms with van der Waals surface area (Å²) in [6, 6.07) is 3.21. The predicted octanol–water partition coefficient (Wildman–Crippen LogP) is 1.48. The van der Waals surface area contributed by atoms with Crippen LogP contribution in [0.3, 0.4) is 0 Å². The number of rotatable bonds is 4. The standard InChI is InChI=1S/C26H32F3N7O4/c1-32-6-8-33(9-7-32)15-18-3-2-17(14-20(18)26(27,28)29)23(37)36-5-4-21-19(16-36)22(31-40-21)24(38)34-10-12-35(13-11-34)25(30)39/h2-3,14H,4-13,15-16H2,1H3,(H2,30,39). The van der Waals surface area contributed by atoms with Crippen LogP contribution in [0.2, 0.25) is 0 Å². The molecule has 4 amide bonds. The number of carbonyl (C=O) groups is 3. The highest BCUT2D eigenvalue weighted by Crippen LogP contribution is 2.34. The van der Waals surface area contributed by atoms with Gasteiger partial charge in [0.1, 0.15) is 5.76 Å². The third kappa shape index (κ3) is 5.77. The molecule has 0 spiro atoms. The molecule has 1 aromatic carbocycles. The summed E-state index contributed by atoms with van der Waals surface area (Å²) in [6.07, 6.45) is -4.33. The number of nitrogens with two attached hydrogens (primary N) is 1. The van der Waals surface area contributed by atoms with Crippen molar-refractivity contribution in [1.29, 1.82) is 0 Å². The van der Waals surface area contributed by atoms with Gasteiger partial charge in [-0.25, -0.2) is 4.79 Å². The minimum atomic E-state index is -4.61. The monoisotopic (exact) mass is 563 g/mol. The number of fused-ring (bicyclic) bond motifs is 1. The summed E-state index contributed by atoms with van der Waals surface area (Å²) in [6.45, 7) is 4.40. The van der Waals surface area contributed by atoms with Gasteiger partial charge in [0.15, 0.2) is 5.69 Å². The van der Waals surface area contributed by atoms with Crippen LogP contribution in [-0.4, -0.2) is 113 Å². The van der Waals surface area contributed by atoms with Crippen molar-refractivity contribution in [3.63, 3.8) is 0 Å². The van der Waals surface area contributed by atoms with E-state index in [1.165, 1.54) is 26.8 Å². The van der Waals surface area contributed by atoms with Crippen molar-refractivity contribution >= 4 is 17.8 Å². The summed E-state index contributed by atoms with van der Waals surface area (Å²) in [5.41, 5.74) is 5.08. The van der Waals surface area contributed by atoms with Crippen LogP contribution in [0.5, 0.6) is 0 Å². The molecule has 0 radical (unpaired) electrons. The van der Waals surface area contributed by atoms with E-state index in [4.69, 9.17) is 10.3 Å². The third-order valence-electron chi connectivity index (χ3n) is 7.85. The number of hydrogen-bond donors (Lipinski definition) is 1. The number of benzene rings is 1. The largest absolute Gasteiger partial charge is 0.416 e. The van der Waals surface area contributed by atoms with Crippen LogP contribution in [0.15, 0.2) is 22.7 Å². The molecule has 1 aromatic heterocycles. The van der Waals surface area contributed by atoms with Gasteiger partial charge in [0, 0.05) is 83.0 Å². The van der Waals surface area contributed by atoms with Gasteiger partial charge in [0.05, 0.1) is 12.1 Å². The van der Waals surface area contributed by atoms with E-state index >= 15 is 0 Å². The fourth-order valence-corrected chi connectivity index (χ4v) is 5.37. The number of piperazine rings is 2. The average molecular weight is 564 g/mol. The van der Waals surface area contributed by atoms with Gasteiger partial charge in [0.25, 0.3) is 11.8 Å². The number of amides is 4. The molecule has 216 valence electrons. The van der Waals surface area contributed by atoms with Crippen molar-refractivity contribution in [2.45, 2.75) is 25.7 Å². The van der Waals surface area contributed by atoms with Crippen molar-refractivity contribution in [1.82, 2.24) is 29.7 Å². The van der Waals surface area contributed by atoms with E-state index in [9.17, 15) is 27.6 Å². The maximum absolute atomic E-state index is 14.0. The highest BCUT2D eigenvalue weighted by molar-refractivity contribution is 5.96. The molecule has 40 heavy (non-hydrogen) atoms. The van der Waals surface area contributed by atoms with E-state index in [2.05, 4.69) is 10.1 Å². The molecule has 2 aromatic rings. The molecule has 0 saturated carbocycles. The Hall–Kier alpha value is -3.65. The Morgan fingerprint density at radius 2 is 1.60 bits per heavy atom. The van der Waals surface area contributed by atoms with Crippen molar-refractivity contribution in [3.8, 4) is 0 Å². The van der Waals surface area contributed by atoms with Gasteiger partial charge in [0.2, 0.25) is 0 Å². The molecule has 2 fully saturated rings. The van der Waals surface area contributed by atoms with E-state index in [1.54, 1.807) is 0 Å². The first-order chi connectivity index (χ1) is 19.0. The molecule has 0 aliphatic carbocycles. The number of alkyl halides is 3.